The van der Waals surface area contributed by atoms with Gasteiger partial charge < -0.3 is 20.3 Å². The molecule has 4 heteroatoms. The maximum absolute atomic E-state index is 8.81. The molecule has 0 aromatic heterocycles. The van der Waals surface area contributed by atoms with Crippen LogP contribution in [-0.2, 0) is 4.74 Å². The van der Waals surface area contributed by atoms with Gasteiger partial charge in [0.05, 0.1) is 26.4 Å². The minimum atomic E-state index is -0.182. The lowest BCUT2D eigenvalue weighted by Crippen LogP contribution is -2.17. The molecule has 0 aliphatic carbocycles. The van der Waals surface area contributed by atoms with Gasteiger partial charge in [-0.1, -0.05) is 18.2 Å². The quantitative estimate of drug-likeness (QED) is 0.833. The van der Waals surface area contributed by atoms with Gasteiger partial charge in [-0.15, -0.1) is 0 Å². The highest BCUT2D eigenvalue weighted by molar-refractivity contribution is 5.84. The van der Waals surface area contributed by atoms with Gasteiger partial charge in [-0.2, -0.15) is 0 Å². The third-order valence-corrected chi connectivity index (χ3v) is 3.07. The number of ether oxygens (including phenoxy) is 2. The van der Waals surface area contributed by atoms with Crippen LogP contribution in [0.25, 0.3) is 10.8 Å². The second-order valence-electron chi connectivity index (χ2n) is 4.29. The lowest BCUT2D eigenvalue weighted by Gasteiger charge is -2.16. The molecule has 1 unspecified atom stereocenters. The molecule has 0 heterocycles. The van der Waals surface area contributed by atoms with Gasteiger partial charge in [-0.05, 0) is 34.5 Å². The summed E-state index contributed by atoms with van der Waals surface area (Å²) in [4.78, 5) is 0. The topological polar surface area (TPSA) is 64.7 Å². The fourth-order valence-electron chi connectivity index (χ4n) is 2.06. The summed E-state index contributed by atoms with van der Waals surface area (Å²) in [6, 6.07) is 12.0. The Hall–Kier alpha value is -1.62. The summed E-state index contributed by atoms with van der Waals surface area (Å²) in [5.74, 6) is 0.840. The van der Waals surface area contributed by atoms with E-state index in [-0.39, 0.29) is 12.7 Å². The number of aliphatic hydroxyl groups excluding tert-OH is 1. The van der Waals surface area contributed by atoms with Gasteiger partial charge in [0, 0.05) is 6.54 Å². The monoisotopic (exact) mass is 261 g/mol. The first-order valence-corrected chi connectivity index (χ1v) is 6.28. The van der Waals surface area contributed by atoms with Crippen molar-refractivity contribution in [3.8, 4) is 5.75 Å². The maximum Gasteiger partial charge on any atom is 0.119 e. The smallest absolute Gasteiger partial charge is 0.119 e. The summed E-state index contributed by atoms with van der Waals surface area (Å²) in [6.07, 6.45) is -0.182. The van der Waals surface area contributed by atoms with Crippen LogP contribution >= 0.6 is 0 Å². The molecule has 0 spiro atoms. The van der Waals surface area contributed by atoms with E-state index >= 15 is 0 Å². The molecule has 2 aromatic carbocycles. The molecule has 0 aliphatic heterocycles. The van der Waals surface area contributed by atoms with Crippen molar-refractivity contribution >= 4 is 10.8 Å². The average molecular weight is 261 g/mol. The molecule has 0 fully saturated rings. The summed E-state index contributed by atoms with van der Waals surface area (Å²) in [5.41, 5.74) is 6.73. The van der Waals surface area contributed by atoms with Gasteiger partial charge >= 0.3 is 0 Å². The van der Waals surface area contributed by atoms with Crippen LogP contribution in [0.15, 0.2) is 36.4 Å². The summed E-state index contributed by atoms with van der Waals surface area (Å²) >= 11 is 0. The van der Waals surface area contributed by atoms with Crippen molar-refractivity contribution in [3.63, 3.8) is 0 Å². The van der Waals surface area contributed by atoms with Gasteiger partial charge in [0.2, 0.25) is 0 Å². The van der Waals surface area contributed by atoms with E-state index in [0.29, 0.717) is 13.2 Å². The molecule has 0 saturated heterocycles. The largest absolute Gasteiger partial charge is 0.497 e. The highest BCUT2D eigenvalue weighted by Gasteiger charge is 2.10. The molecule has 2 aromatic rings. The van der Waals surface area contributed by atoms with Crippen LogP contribution in [0.1, 0.15) is 11.7 Å². The average Bonchev–Trinajstić information content (AvgIpc) is 2.47. The van der Waals surface area contributed by atoms with Crippen LogP contribution < -0.4 is 10.5 Å². The molecule has 0 bridgehead atoms. The van der Waals surface area contributed by atoms with Crippen molar-refractivity contribution in [2.75, 3.05) is 26.9 Å². The SMILES string of the molecule is COc1ccc2cc(C(CN)OCCO)ccc2c1. The van der Waals surface area contributed by atoms with E-state index < -0.39 is 0 Å². The summed E-state index contributed by atoms with van der Waals surface area (Å²) in [7, 11) is 1.66. The van der Waals surface area contributed by atoms with Crippen LogP contribution in [0, 0.1) is 0 Å². The number of nitrogens with two attached hydrogens (primary N) is 1. The molecule has 0 amide bonds. The van der Waals surface area contributed by atoms with E-state index in [9.17, 15) is 0 Å². The second kappa shape index (κ2) is 6.52. The zero-order valence-electron chi connectivity index (χ0n) is 11.0. The first kappa shape index (κ1) is 13.8. The highest BCUT2D eigenvalue weighted by atomic mass is 16.5. The molecule has 4 nitrogen and oxygen atoms in total. The minimum Gasteiger partial charge on any atom is -0.497 e. The lowest BCUT2D eigenvalue weighted by molar-refractivity contribution is 0.0329. The van der Waals surface area contributed by atoms with E-state index in [1.54, 1.807) is 7.11 Å². The molecule has 3 N–H and O–H groups in total. The van der Waals surface area contributed by atoms with Gasteiger partial charge in [-0.3, -0.25) is 0 Å². The molecular weight excluding hydrogens is 242 g/mol. The third-order valence-electron chi connectivity index (χ3n) is 3.07. The Balaban J connectivity index is 2.29. The fourth-order valence-corrected chi connectivity index (χ4v) is 2.06. The number of hydrogen-bond acceptors (Lipinski definition) is 4. The fraction of sp³-hybridized carbons (Fsp3) is 0.333. The van der Waals surface area contributed by atoms with Crippen LogP contribution in [0.4, 0.5) is 0 Å². The van der Waals surface area contributed by atoms with E-state index in [0.717, 1.165) is 22.1 Å². The number of aliphatic hydroxyl groups is 1. The first-order valence-electron chi connectivity index (χ1n) is 6.28. The Morgan fingerprint density at radius 1 is 1.16 bits per heavy atom. The molecule has 0 saturated carbocycles. The van der Waals surface area contributed by atoms with Crippen molar-refractivity contribution in [3.05, 3.63) is 42.0 Å². The lowest BCUT2D eigenvalue weighted by atomic mass is 10.0. The summed E-state index contributed by atoms with van der Waals surface area (Å²) in [6.45, 7) is 0.686. The molecule has 2 rings (SSSR count). The van der Waals surface area contributed by atoms with Gasteiger partial charge in [0.1, 0.15) is 5.75 Å². The molecule has 102 valence electrons. The molecular formula is C15H19NO3. The van der Waals surface area contributed by atoms with Crippen LogP contribution in [0.5, 0.6) is 5.75 Å². The molecule has 0 aliphatic rings. The van der Waals surface area contributed by atoms with Crippen LogP contribution in [-0.4, -0.2) is 32.0 Å². The third kappa shape index (κ3) is 3.23. The molecule has 0 radical (unpaired) electrons. The van der Waals surface area contributed by atoms with Crippen LogP contribution in [0.2, 0.25) is 0 Å². The number of methoxy groups -OCH3 is 1. The van der Waals surface area contributed by atoms with E-state index in [2.05, 4.69) is 6.07 Å². The van der Waals surface area contributed by atoms with Gasteiger partial charge in [-0.25, -0.2) is 0 Å². The number of rotatable bonds is 6. The van der Waals surface area contributed by atoms with Gasteiger partial charge in [0.25, 0.3) is 0 Å². The Kier molecular flexibility index (Phi) is 4.74. The zero-order chi connectivity index (χ0) is 13.7. The summed E-state index contributed by atoms with van der Waals surface area (Å²) < 4.78 is 10.7. The molecule has 19 heavy (non-hydrogen) atoms. The van der Waals surface area contributed by atoms with Crippen molar-refractivity contribution in [1.29, 1.82) is 0 Å². The van der Waals surface area contributed by atoms with E-state index in [4.69, 9.17) is 20.3 Å². The number of benzene rings is 2. The summed E-state index contributed by atoms with van der Waals surface area (Å²) in [5, 5.41) is 11.0. The predicted molar refractivity (Wildman–Crippen MR) is 75.3 cm³/mol. The van der Waals surface area contributed by atoms with Crippen molar-refractivity contribution < 1.29 is 14.6 Å². The van der Waals surface area contributed by atoms with Crippen LogP contribution in [0.3, 0.4) is 0 Å². The Bertz CT molecular complexity index is 542. The van der Waals surface area contributed by atoms with Crippen molar-refractivity contribution in [2.24, 2.45) is 5.73 Å². The normalized spacial score (nSPS) is 12.6. The second-order valence-corrected chi connectivity index (χ2v) is 4.29. The Labute approximate surface area is 112 Å². The number of fused-ring (bicyclic) bond motifs is 1. The standard InChI is InChI=1S/C15H19NO3/c1-18-14-5-4-11-8-13(3-2-12(11)9-14)15(10-16)19-7-6-17/h2-5,8-9,15,17H,6-7,10,16H2,1H3. The minimum absolute atomic E-state index is 0.00127. The van der Waals surface area contributed by atoms with Crippen molar-refractivity contribution in [2.45, 2.75) is 6.10 Å². The van der Waals surface area contributed by atoms with E-state index in [1.807, 2.05) is 30.3 Å². The van der Waals surface area contributed by atoms with E-state index in [1.165, 1.54) is 0 Å². The zero-order valence-corrected chi connectivity index (χ0v) is 11.0. The van der Waals surface area contributed by atoms with Crippen molar-refractivity contribution in [1.82, 2.24) is 0 Å². The molecule has 1 atom stereocenters. The highest BCUT2D eigenvalue weighted by Crippen LogP contribution is 2.25. The predicted octanol–water partition coefficient (Wildman–Crippen LogP) is 1.86. The Morgan fingerprint density at radius 2 is 1.89 bits per heavy atom. The first-order chi connectivity index (χ1) is 9.28. The number of hydrogen-bond donors (Lipinski definition) is 2. The van der Waals surface area contributed by atoms with Gasteiger partial charge in [0.15, 0.2) is 0 Å². The maximum atomic E-state index is 8.81. The Morgan fingerprint density at radius 3 is 2.58 bits per heavy atom.